The highest BCUT2D eigenvalue weighted by atomic mass is 16.5. The number of nitrogens with one attached hydrogen (secondary N) is 2. The van der Waals surface area contributed by atoms with Crippen molar-refractivity contribution in [2.45, 2.75) is 13.0 Å². The minimum atomic E-state index is -1.44. The Bertz CT molecular complexity index is 809. The second-order valence-corrected chi connectivity index (χ2v) is 5.28. The average Bonchev–Trinajstić information content (AvgIpc) is 3.16. The third-order valence-electron chi connectivity index (χ3n) is 3.37. The number of ether oxygens (including phenoxy) is 1. The van der Waals surface area contributed by atoms with Crippen LogP contribution >= 0.6 is 0 Å². The third-order valence-corrected chi connectivity index (χ3v) is 3.37. The molecule has 8 nitrogen and oxygen atoms in total. The van der Waals surface area contributed by atoms with Crippen molar-refractivity contribution >= 4 is 23.9 Å². The van der Waals surface area contributed by atoms with E-state index in [0.29, 0.717) is 11.3 Å². The summed E-state index contributed by atoms with van der Waals surface area (Å²) in [6.45, 7) is 1.26. The first-order valence-corrected chi connectivity index (χ1v) is 7.63. The molecule has 0 aliphatic rings. The largest absolute Gasteiger partial charge is 0.548 e. The van der Waals surface area contributed by atoms with Crippen molar-refractivity contribution in [1.29, 1.82) is 0 Å². The number of amides is 2. The maximum absolute atomic E-state index is 12.4. The van der Waals surface area contributed by atoms with E-state index < -0.39 is 23.8 Å². The van der Waals surface area contributed by atoms with Gasteiger partial charge in [0, 0.05) is 0 Å². The molecule has 1 heterocycles. The summed E-state index contributed by atoms with van der Waals surface area (Å²) in [5.74, 6) is -2.24. The molecule has 1 atom stereocenters. The lowest BCUT2D eigenvalue weighted by Gasteiger charge is -2.16. The number of carboxylic acid groups (broad SMARTS) is 1. The Morgan fingerprint density at radius 2 is 1.88 bits per heavy atom. The summed E-state index contributed by atoms with van der Waals surface area (Å²) >= 11 is 0. The van der Waals surface area contributed by atoms with Crippen LogP contribution < -0.4 is 20.5 Å². The number of methoxy groups -OCH3 is 1. The molecule has 0 saturated heterocycles. The second-order valence-electron chi connectivity index (χ2n) is 5.28. The molecule has 0 radical (unpaired) electrons. The first kappa shape index (κ1) is 18.8. The molecule has 1 aromatic heterocycles. The van der Waals surface area contributed by atoms with Crippen molar-refractivity contribution in [3.63, 3.8) is 0 Å². The minimum absolute atomic E-state index is 0.00591. The second kappa shape index (κ2) is 8.52. The van der Waals surface area contributed by atoms with Crippen LogP contribution in [0.25, 0.3) is 6.08 Å². The normalized spacial score (nSPS) is 12.2. The molecule has 0 unspecified atom stereocenters. The predicted molar refractivity (Wildman–Crippen MR) is 89.8 cm³/mol. The fourth-order valence-electron chi connectivity index (χ4n) is 1.95. The molecule has 2 rings (SSSR count). The average molecular weight is 357 g/mol. The first-order valence-electron chi connectivity index (χ1n) is 7.63. The van der Waals surface area contributed by atoms with Gasteiger partial charge in [-0.2, -0.15) is 0 Å². The lowest BCUT2D eigenvalue weighted by atomic mass is 10.1. The number of carbonyl (C=O) groups is 3. The molecule has 26 heavy (non-hydrogen) atoms. The number of hydrogen-bond donors (Lipinski definition) is 2. The van der Waals surface area contributed by atoms with E-state index in [0.717, 1.165) is 0 Å². The summed E-state index contributed by atoms with van der Waals surface area (Å²) in [7, 11) is 1.52. The molecule has 0 fully saturated rings. The smallest absolute Gasteiger partial charge is 0.291 e. The SMILES string of the molecule is COc1ccc(/C=C(/NC(=O)c2ccco2)C(=O)N[C@H](C)C(=O)[O-])cc1. The van der Waals surface area contributed by atoms with Crippen LogP contribution in [0.5, 0.6) is 5.75 Å². The van der Waals surface area contributed by atoms with Crippen molar-refractivity contribution in [2.75, 3.05) is 7.11 Å². The van der Waals surface area contributed by atoms with Gasteiger partial charge >= 0.3 is 0 Å². The monoisotopic (exact) mass is 357 g/mol. The molecule has 0 aliphatic carbocycles. The van der Waals surface area contributed by atoms with E-state index in [9.17, 15) is 19.5 Å². The molecule has 8 heteroatoms. The number of aliphatic carboxylic acids is 1. The van der Waals surface area contributed by atoms with Crippen molar-refractivity contribution in [2.24, 2.45) is 0 Å². The van der Waals surface area contributed by atoms with Crippen LogP contribution in [0.3, 0.4) is 0 Å². The highest BCUT2D eigenvalue weighted by Gasteiger charge is 2.18. The zero-order chi connectivity index (χ0) is 19.1. The van der Waals surface area contributed by atoms with Crippen LogP contribution in [0.1, 0.15) is 23.0 Å². The van der Waals surface area contributed by atoms with E-state index in [1.165, 1.54) is 38.5 Å². The van der Waals surface area contributed by atoms with Gasteiger partial charge in [-0.3, -0.25) is 9.59 Å². The Morgan fingerprint density at radius 3 is 2.42 bits per heavy atom. The van der Waals surface area contributed by atoms with Crippen molar-refractivity contribution < 1.29 is 28.6 Å². The van der Waals surface area contributed by atoms with Crippen LogP contribution in [0.2, 0.25) is 0 Å². The first-order chi connectivity index (χ1) is 12.4. The number of furan rings is 1. The van der Waals surface area contributed by atoms with Crippen molar-refractivity contribution in [1.82, 2.24) is 10.6 Å². The van der Waals surface area contributed by atoms with E-state index in [2.05, 4.69) is 10.6 Å². The zero-order valence-electron chi connectivity index (χ0n) is 14.1. The lowest BCUT2D eigenvalue weighted by molar-refractivity contribution is -0.307. The van der Waals surface area contributed by atoms with Crippen molar-refractivity contribution in [3.05, 3.63) is 59.7 Å². The maximum atomic E-state index is 12.4. The number of carboxylic acids is 1. The molecule has 2 N–H and O–H groups in total. The van der Waals surface area contributed by atoms with Gasteiger partial charge in [0.25, 0.3) is 11.8 Å². The van der Waals surface area contributed by atoms with Gasteiger partial charge in [-0.15, -0.1) is 0 Å². The lowest BCUT2D eigenvalue weighted by Crippen LogP contribution is -2.48. The van der Waals surface area contributed by atoms with E-state index in [1.54, 1.807) is 24.3 Å². The van der Waals surface area contributed by atoms with E-state index in [1.807, 2.05) is 0 Å². The molecular weight excluding hydrogens is 340 g/mol. The number of carbonyl (C=O) groups excluding carboxylic acids is 3. The third kappa shape index (κ3) is 4.97. The highest BCUT2D eigenvalue weighted by molar-refractivity contribution is 6.05. The number of rotatable bonds is 7. The van der Waals surface area contributed by atoms with Gasteiger partial charge in [0.15, 0.2) is 5.76 Å². The van der Waals surface area contributed by atoms with Gasteiger partial charge in [-0.1, -0.05) is 12.1 Å². The predicted octanol–water partition coefficient (Wildman–Crippen LogP) is 0.314. The Labute approximate surface area is 149 Å². The van der Waals surface area contributed by atoms with E-state index in [-0.39, 0.29) is 11.5 Å². The molecule has 136 valence electrons. The van der Waals surface area contributed by atoms with Gasteiger partial charge in [0.1, 0.15) is 11.4 Å². The van der Waals surface area contributed by atoms with Crippen LogP contribution in [-0.2, 0) is 9.59 Å². The fraction of sp³-hybridized carbons (Fsp3) is 0.167. The minimum Gasteiger partial charge on any atom is -0.548 e. The topological polar surface area (TPSA) is 121 Å². The van der Waals surface area contributed by atoms with E-state index >= 15 is 0 Å². The zero-order valence-corrected chi connectivity index (χ0v) is 14.1. The summed E-state index contributed by atoms with van der Waals surface area (Å²) in [5.41, 5.74) is 0.446. The summed E-state index contributed by atoms with van der Waals surface area (Å²) < 4.78 is 10.0. The van der Waals surface area contributed by atoms with Gasteiger partial charge in [-0.05, 0) is 42.8 Å². The molecule has 0 saturated carbocycles. The Kier molecular flexibility index (Phi) is 6.15. The van der Waals surface area contributed by atoms with Crippen molar-refractivity contribution in [3.8, 4) is 5.75 Å². The Morgan fingerprint density at radius 1 is 1.19 bits per heavy atom. The summed E-state index contributed by atoms with van der Waals surface area (Å²) in [6.07, 6.45) is 2.72. The molecule has 0 spiro atoms. The maximum Gasteiger partial charge on any atom is 0.291 e. The van der Waals surface area contributed by atoms with Gasteiger partial charge < -0.3 is 29.7 Å². The summed E-state index contributed by atoms with van der Waals surface area (Å²) in [6, 6.07) is 8.43. The van der Waals surface area contributed by atoms with Crippen LogP contribution in [0.15, 0.2) is 52.8 Å². The molecule has 0 aliphatic heterocycles. The van der Waals surface area contributed by atoms with Crippen LogP contribution in [0.4, 0.5) is 0 Å². The Balaban J connectivity index is 2.27. The highest BCUT2D eigenvalue weighted by Crippen LogP contribution is 2.14. The summed E-state index contributed by atoms with van der Waals surface area (Å²) in [4.78, 5) is 35.3. The molecular formula is C18H17N2O6-. The fourth-order valence-corrected chi connectivity index (χ4v) is 1.95. The number of benzene rings is 1. The standard InChI is InChI=1S/C18H18N2O6/c1-11(18(23)24)19-16(21)14(20-17(22)15-4-3-9-26-15)10-12-5-7-13(25-2)8-6-12/h3-11H,1-2H3,(H,19,21)(H,20,22)(H,23,24)/p-1/b14-10+/t11-/m1/s1. The van der Waals surface area contributed by atoms with Crippen LogP contribution in [-0.4, -0.2) is 30.9 Å². The Hall–Kier alpha value is -3.55. The number of hydrogen-bond acceptors (Lipinski definition) is 6. The molecule has 1 aromatic carbocycles. The van der Waals surface area contributed by atoms with Gasteiger partial charge in [0.2, 0.25) is 0 Å². The van der Waals surface area contributed by atoms with Gasteiger partial charge in [-0.25, -0.2) is 0 Å². The molecule has 2 aromatic rings. The quantitative estimate of drug-likeness (QED) is 0.688. The van der Waals surface area contributed by atoms with E-state index in [4.69, 9.17) is 9.15 Å². The van der Waals surface area contributed by atoms with Gasteiger partial charge in [0.05, 0.1) is 25.4 Å². The summed E-state index contributed by atoms with van der Waals surface area (Å²) in [5, 5.41) is 15.5. The van der Waals surface area contributed by atoms with Crippen LogP contribution in [0, 0.1) is 0 Å². The molecule has 2 amide bonds. The molecule has 0 bridgehead atoms.